The molecule has 2 fully saturated rings. The highest BCUT2D eigenvalue weighted by Gasteiger charge is 2.28. The molecule has 1 atom stereocenters. The molecule has 0 radical (unpaired) electrons. The molecule has 1 saturated heterocycles. The predicted octanol–water partition coefficient (Wildman–Crippen LogP) is 3.65. The van der Waals surface area contributed by atoms with Gasteiger partial charge in [-0.05, 0) is 55.5 Å². The van der Waals surface area contributed by atoms with Crippen molar-refractivity contribution in [1.29, 1.82) is 0 Å². The second-order valence-electron chi connectivity index (χ2n) is 7.22. The summed E-state index contributed by atoms with van der Waals surface area (Å²) in [5.41, 5.74) is 2.21. The minimum Gasteiger partial charge on any atom is -0.354 e. The number of rotatable bonds is 5. The van der Waals surface area contributed by atoms with E-state index in [9.17, 15) is 4.79 Å². The van der Waals surface area contributed by atoms with E-state index in [-0.39, 0.29) is 11.8 Å². The van der Waals surface area contributed by atoms with Crippen LogP contribution in [0, 0.1) is 5.92 Å². The van der Waals surface area contributed by atoms with Crippen molar-refractivity contribution in [2.24, 2.45) is 5.92 Å². The molecule has 1 amide bonds. The maximum Gasteiger partial charge on any atom is 0.225 e. The number of carbonyl (C=O) groups excluding carboxylic acids is 1. The maximum atomic E-state index is 12.6. The van der Waals surface area contributed by atoms with E-state index in [1.807, 2.05) is 24.3 Å². The Labute approximate surface area is 162 Å². The Kier molecular flexibility index (Phi) is 5.20. The number of piperidine rings is 1. The number of nitrogens with one attached hydrogen (secondary N) is 1. The zero-order valence-electron chi connectivity index (χ0n) is 14.7. The number of carbonyl (C=O) groups is 1. The Bertz CT molecular complexity index is 758. The van der Waals surface area contributed by atoms with E-state index < -0.39 is 0 Å². The van der Waals surface area contributed by atoms with Crippen LogP contribution in [-0.4, -0.2) is 29.2 Å². The highest BCUT2D eigenvalue weighted by atomic mass is 79.9. The van der Waals surface area contributed by atoms with Gasteiger partial charge in [0.25, 0.3) is 0 Å². The van der Waals surface area contributed by atoms with Crippen LogP contribution in [0.2, 0.25) is 0 Å². The van der Waals surface area contributed by atoms with Crippen LogP contribution in [0.3, 0.4) is 0 Å². The first-order valence-corrected chi connectivity index (χ1v) is 10.1. The van der Waals surface area contributed by atoms with E-state index >= 15 is 0 Å². The average Bonchev–Trinajstić information content (AvgIpc) is 3.53. The van der Waals surface area contributed by atoms with Gasteiger partial charge in [0.15, 0.2) is 5.82 Å². The lowest BCUT2D eigenvalue weighted by Gasteiger charge is -2.32. The molecule has 1 saturated carbocycles. The van der Waals surface area contributed by atoms with Gasteiger partial charge >= 0.3 is 0 Å². The molecule has 1 aliphatic heterocycles. The van der Waals surface area contributed by atoms with Gasteiger partial charge in [0.1, 0.15) is 0 Å². The molecule has 1 aromatic heterocycles. The molecule has 0 bridgehead atoms. The molecule has 26 heavy (non-hydrogen) atoms. The Balaban J connectivity index is 1.33. The first kappa shape index (κ1) is 17.5. The number of anilines is 1. The summed E-state index contributed by atoms with van der Waals surface area (Å²) in [7, 11) is 0. The van der Waals surface area contributed by atoms with Crippen LogP contribution < -0.4 is 10.2 Å². The minimum atomic E-state index is 0.00380. The Morgan fingerprint density at radius 3 is 2.62 bits per heavy atom. The van der Waals surface area contributed by atoms with Crippen LogP contribution in [0.25, 0.3) is 0 Å². The van der Waals surface area contributed by atoms with E-state index in [1.54, 1.807) is 0 Å². The molecule has 0 unspecified atom stereocenters. The number of benzene rings is 1. The van der Waals surface area contributed by atoms with Gasteiger partial charge in [-0.15, -0.1) is 5.10 Å². The fourth-order valence-electron chi connectivity index (χ4n) is 3.44. The highest BCUT2D eigenvalue weighted by Crippen LogP contribution is 2.38. The van der Waals surface area contributed by atoms with Gasteiger partial charge in [0.05, 0.1) is 11.6 Å². The third-order valence-corrected chi connectivity index (χ3v) is 5.69. The summed E-state index contributed by atoms with van der Waals surface area (Å²) in [6.45, 7) is 2.22. The fourth-order valence-corrected chi connectivity index (χ4v) is 3.70. The van der Waals surface area contributed by atoms with Crippen molar-refractivity contribution < 1.29 is 4.79 Å². The van der Waals surface area contributed by atoms with Crippen molar-refractivity contribution >= 4 is 27.7 Å². The normalized spacial score (nSPS) is 20.0. The second-order valence-corrected chi connectivity index (χ2v) is 8.14. The Hall–Kier alpha value is -1.95. The molecule has 5 nitrogen and oxygen atoms in total. The van der Waals surface area contributed by atoms with Crippen molar-refractivity contribution in [2.45, 2.75) is 38.1 Å². The predicted molar refractivity (Wildman–Crippen MR) is 105 cm³/mol. The number of aromatic nitrogens is 2. The first-order chi connectivity index (χ1) is 12.7. The van der Waals surface area contributed by atoms with Gasteiger partial charge in [-0.1, -0.05) is 28.1 Å². The van der Waals surface area contributed by atoms with Crippen LogP contribution in [0.1, 0.15) is 42.9 Å². The van der Waals surface area contributed by atoms with E-state index in [2.05, 4.69) is 48.5 Å². The fraction of sp³-hybridized carbons (Fsp3) is 0.450. The van der Waals surface area contributed by atoms with Crippen molar-refractivity contribution in [3.8, 4) is 0 Å². The van der Waals surface area contributed by atoms with Gasteiger partial charge in [-0.25, -0.2) is 0 Å². The molecule has 4 rings (SSSR count). The number of amides is 1. The summed E-state index contributed by atoms with van der Waals surface area (Å²) in [6.07, 6.45) is 4.40. The van der Waals surface area contributed by atoms with E-state index in [0.29, 0.717) is 19.0 Å². The van der Waals surface area contributed by atoms with E-state index in [1.165, 1.54) is 12.8 Å². The summed E-state index contributed by atoms with van der Waals surface area (Å²) in [5.74, 6) is 1.64. The largest absolute Gasteiger partial charge is 0.354 e. The lowest BCUT2D eigenvalue weighted by molar-refractivity contribution is -0.125. The van der Waals surface area contributed by atoms with Crippen LogP contribution >= 0.6 is 15.9 Å². The molecule has 0 spiro atoms. The molecule has 1 aliphatic carbocycles. The van der Waals surface area contributed by atoms with Crippen LogP contribution in [-0.2, 0) is 11.3 Å². The lowest BCUT2D eigenvalue weighted by atomic mass is 9.97. The molecule has 1 N–H and O–H groups in total. The smallest absolute Gasteiger partial charge is 0.225 e. The zero-order chi connectivity index (χ0) is 17.9. The van der Waals surface area contributed by atoms with Gasteiger partial charge in [0.2, 0.25) is 5.91 Å². The second kappa shape index (κ2) is 7.74. The van der Waals surface area contributed by atoms with Crippen LogP contribution in [0.15, 0.2) is 40.9 Å². The molecule has 2 heterocycles. The third kappa shape index (κ3) is 4.23. The van der Waals surface area contributed by atoms with Crippen molar-refractivity contribution in [3.05, 3.63) is 52.1 Å². The van der Waals surface area contributed by atoms with Gasteiger partial charge in [-0.3, -0.25) is 4.79 Å². The molecular formula is C20H23BrN4O. The molecular weight excluding hydrogens is 392 g/mol. The van der Waals surface area contributed by atoms with E-state index in [0.717, 1.165) is 40.9 Å². The van der Waals surface area contributed by atoms with Crippen LogP contribution in [0.5, 0.6) is 0 Å². The summed E-state index contributed by atoms with van der Waals surface area (Å²) in [5, 5.41) is 11.8. The molecule has 2 aliphatic rings. The average molecular weight is 415 g/mol. The number of hydrogen-bond donors (Lipinski definition) is 1. The molecule has 2 aromatic rings. The summed E-state index contributed by atoms with van der Waals surface area (Å²) >= 11 is 3.43. The topological polar surface area (TPSA) is 58.1 Å². The van der Waals surface area contributed by atoms with E-state index in [4.69, 9.17) is 0 Å². The van der Waals surface area contributed by atoms with Gasteiger partial charge in [0, 0.05) is 30.0 Å². The standard InChI is InChI=1S/C20H23BrN4O/c21-17-7-3-14(4-8-17)12-22-20(26)16-2-1-11-25(13-16)19-10-9-18(23-24-19)15-5-6-15/h3-4,7-10,15-16H,1-2,5-6,11-13H2,(H,22,26)/t16-/m1/s1. The third-order valence-electron chi connectivity index (χ3n) is 5.16. The first-order valence-electron chi connectivity index (χ1n) is 9.30. The lowest BCUT2D eigenvalue weighted by Crippen LogP contribution is -2.43. The zero-order valence-corrected chi connectivity index (χ0v) is 16.3. The monoisotopic (exact) mass is 414 g/mol. The summed E-state index contributed by atoms with van der Waals surface area (Å²) in [6, 6.07) is 12.2. The SMILES string of the molecule is O=C(NCc1ccc(Br)cc1)[C@@H]1CCCN(c2ccc(C3CC3)nn2)C1. The number of hydrogen-bond acceptors (Lipinski definition) is 4. The summed E-state index contributed by atoms with van der Waals surface area (Å²) < 4.78 is 1.05. The Morgan fingerprint density at radius 2 is 1.92 bits per heavy atom. The highest BCUT2D eigenvalue weighted by molar-refractivity contribution is 9.10. The number of nitrogens with zero attached hydrogens (tertiary/aromatic N) is 3. The van der Waals surface area contributed by atoms with Crippen LogP contribution in [0.4, 0.5) is 5.82 Å². The maximum absolute atomic E-state index is 12.6. The van der Waals surface area contributed by atoms with Crippen molar-refractivity contribution in [1.82, 2.24) is 15.5 Å². The van der Waals surface area contributed by atoms with Crippen molar-refractivity contribution in [3.63, 3.8) is 0 Å². The Morgan fingerprint density at radius 1 is 1.12 bits per heavy atom. The van der Waals surface area contributed by atoms with Gasteiger partial charge < -0.3 is 10.2 Å². The van der Waals surface area contributed by atoms with Gasteiger partial charge in [-0.2, -0.15) is 5.10 Å². The molecule has 136 valence electrons. The molecule has 6 heteroatoms. The molecule has 1 aromatic carbocycles. The number of halogens is 1. The quantitative estimate of drug-likeness (QED) is 0.810. The van der Waals surface area contributed by atoms with Crippen molar-refractivity contribution in [2.75, 3.05) is 18.0 Å². The summed E-state index contributed by atoms with van der Waals surface area (Å²) in [4.78, 5) is 14.8. The minimum absolute atomic E-state index is 0.00380.